The molecule has 0 amide bonds. The standard InChI is InChI=1S/C21H37NOS4/c1-5-24-15-17-26-13-11-22(12-14-27-18-16-25-6-2)20-7-9-21(10-8-20)23-19(3)4/h7-10,19H,5-6,11-18H2,1-4H3. The molecule has 0 saturated heterocycles. The number of hydrogen-bond donors (Lipinski definition) is 0. The number of thioether (sulfide) groups is 4. The van der Waals surface area contributed by atoms with Crippen LogP contribution >= 0.6 is 47.0 Å². The molecule has 0 radical (unpaired) electrons. The average molecular weight is 448 g/mol. The summed E-state index contributed by atoms with van der Waals surface area (Å²) in [6.45, 7) is 10.9. The Hall–Kier alpha value is 0.220. The quantitative estimate of drug-likeness (QED) is 0.260. The Balaban J connectivity index is 2.47. The Kier molecular flexibility index (Phi) is 16.0. The lowest BCUT2D eigenvalue weighted by Gasteiger charge is -2.25. The van der Waals surface area contributed by atoms with E-state index >= 15 is 0 Å². The number of ether oxygens (including phenoxy) is 1. The first kappa shape index (κ1) is 25.3. The highest BCUT2D eigenvalue weighted by Crippen LogP contribution is 2.21. The maximum absolute atomic E-state index is 5.79. The van der Waals surface area contributed by atoms with Gasteiger partial charge in [-0.2, -0.15) is 47.0 Å². The number of benzene rings is 1. The zero-order chi connectivity index (χ0) is 19.7. The molecule has 0 bridgehead atoms. The largest absolute Gasteiger partial charge is 0.491 e. The van der Waals surface area contributed by atoms with Crippen LogP contribution in [0.25, 0.3) is 0 Å². The van der Waals surface area contributed by atoms with Gasteiger partial charge in [0.15, 0.2) is 0 Å². The van der Waals surface area contributed by atoms with Crippen LogP contribution in [0.15, 0.2) is 24.3 Å². The van der Waals surface area contributed by atoms with Gasteiger partial charge in [-0.15, -0.1) is 0 Å². The van der Waals surface area contributed by atoms with Crippen LogP contribution in [0.4, 0.5) is 5.69 Å². The molecule has 0 unspecified atom stereocenters. The second kappa shape index (κ2) is 17.1. The Morgan fingerprint density at radius 1 is 0.741 bits per heavy atom. The zero-order valence-electron chi connectivity index (χ0n) is 17.4. The van der Waals surface area contributed by atoms with Gasteiger partial charge >= 0.3 is 0 Å². The highest BCUT2D eigenvalue weighted by Gasteiger charge is 2.08. The SMILES string of the molecule is CCSCCSCCN(CCSCCSCC)c1ccc(OC(C)C)cc1. The summed E-state index contributed by atoms with van der Waals surface area (Å²) in [5.41, 5.74) is 1.32. The minimum atomic E-state index is 0.224. The van der Waals surface area contributed by atoms with E-state index < -0.39 is 0 Å². The van der Waals surface area contributed by atoms with Crippen LogP contribution < -0.4 is 9.64 Å². The van der Waals surface area contributed by atoms with Crippen LogP contribution in [0, 0.1) is 0 Å². The topological polar surface area (TPSA) is 12.5 Å². The molecular formula is C21H37NOS4. The number of nitrogens with zero attached hydrogens (tertiary/aromatic N) is 1. The van der Waals surface area contributed by atoms with Crippen LogP contribution in [0.5, 0.6) is 5.75 Å². The molecule has 0 aromatic heterocycles. The average Bonchev–Trinajstić information content (AvgIpc) is 2.66. The first-order valence-corrected chi connectivity index (χ1v) is 14.6. The van der Waals surface area contributed by atoms with Crippen LogP contribution in [0.2, 0.25) is 0 Å². The van der Waals surface area contributed by atoms with Gasteiger partial charge in [-0.25, -0.2) is 0 Å². The normalized spacial score (nSPS) is 11.1. The van der Waals surface area contributed by atoms with E-state index in [0.717, 1.165) is 18.8 Å². The maximum atomic E-state index is 5.79. The Bertz CT molecular complexity index is 440. The summed E-state index contributed by atoms with van der Waals surface area (Å²) >= 11 is 8.24. The molecular weight excluding hydrogens is 411 g/mol. The zero-order valence-corrected chi connectivity index (χ0v) is 20.7. The molecule has 156 valence electrons. The fourth-order valence-corrected chi connectivity index (χ4v) is 6.03. The molecule has 0 atom stereocenters. The van der Waals surface area contributed by atoms with E-state index in [-0.39, 0.29) is 6.10 Å². The molecule has 0 spiro atoms. The van der Waals surface area contributed by atoms with Crippen molar-refractivity contribution in [2.75, 3.05) is 64.0 Å². The number of hydrogen-bond acceptors (Lipinski definition) is 6. The third-order valence-corrected chi connectivity index (χ3v) is 7.98. The highest BCUT2D eigenvalue weighted by molar-refractivity contribution is 8.03. The molecule has 0 aliphatic rings. The van der Waals surface area contributed by atoms with Crippen molar-refractivity contribution in [1.82, 2.24) is 0 Å². The lowest BCUT2D eigenvalue weighted by molar-refractivity contribution is 0.242. The van der Waals surface area contributed by atoms with Crippen molar-refractivity contribution in [3.63, 3.8) is 0 Å². The van der Waals surface area contributed by atoms with Gasteiger partial charge in [0.2, 0.25) is 0 Å². The van der Waals surface area contributed by atoms with Crippen molar-refractivity contribution >= 4 is 52.7 Å². The lowest BCUT2D eigenvalue weighted by Crippen LogP contribution is -2.28. The first-order chi connectivity index (χ1) is 13.2. The molecule has 0 heterocycles. The molecule has 1 aromatic rings. The van der Waals surface area contributed by atoms with Gasteiger partial charge in [-0.1, -0.05) is 13.8 Å². The van der Waals surface area contributed by atoms with Crippen molar-refractivity contribution in [2.24, 2.45) is 0 Å². The van der Waals surface area contributed by atoms with Gasteiger partial charge in [-0.3, -0.25) is 0 Å². The van der Waals surface area contributed by atoms with Crippen LogP contribution in [0.1, 0.15) is 27.7 Å². The highest BCUT2D eigenvalue weighted by atomic mass is 32.2. The molecule has 27 heavy (non-hydrogen) atoms. The van der Waals surface area contributed by atoms with Crippen molar-refractivity contribution in [1.29, 1.82) is 0 Å². The van der Waals surface area contributed by atoms with Gasteiger partial charge < -0.3 is 9.64 Å². The molecule has 0 N–H and O–H groups in total. The predicted molar refractivity (Wildman–Crippen MR) is 135 cm³/mol. The van der Waals surface area contributed by atoms with Crippen molar-refractivity contribution in [3.05, 3.63) is 24.3 Å². The minimum absolute atomic E-state index is 0.224. The van der Waals surface area contributed by atoms with E-state index in [1.165, 1.54) is 51.7 Å². The molecule has 1 aromatic carbocycles. The van der Waals surface area contributed by atoms with Gasteiger partial charge in [0.05, 0.1) is 6.10 Å². The summed E-state index contributed by atoms with van der Waals surface area (Å²) in [6.07, 6.45) is 0.224. The van der Waals surface area contributed by atoms with E-state index in [9.17, 15) is 0 Å². The second-order valence-corrected chi connectivity index (χ2v) is 11.5. The molecule has 1 rings (SSSR count). The van der Waals surface area contributed by atoms with E-state index in [1.54, 1.807) is 0 Å². The van der Waals surface area contributed by atoms with Crippen LogP contribution in [0.3, 0.4) is 0 Å². The third-order valence-electron chi connectivity index (χ3n) is 3.74. The monoisotopic (exact) mass is 447 g/mol. The van der Waals surface area contributed by atoms with Crippen LogP contribution in [-0.4, -0.2) is 65.2 Å². The second-order valence-electron chi connectivity index (χ2n) is 6.27. The molecule has 0 aliphatic carbocycles. The van der Waals surface area contributed by atoms with Gasteiger partial charge in [0.25, 0.3) is 0 Å². The molecule has 6 heteroatoms. The maximum Gasteiger partial charge on any atom is 0.119 e. The molecule has 0 aliphatic heterocycles. The Morgan fingerprint density at radius 3 is 1.67 bits per heavy atom. The van der Waals surface area contributed by atoms with Crippen molar-refractivity contribution < 1.29 is 4.74 Å². The third kappa shape index (κ3) is 13.1. The summed E-state index contributed by atoms with van der Waals surface area (Å²) in [4.78, 5) is 2.54. The van der Waals surface area contributed by atoms with Gasteiger partial charge in [0.1, 0.15) is 5.75 Å². The van der Waals surface area contributed by atoms with E-state index in [2.05, 4.69) is 80.4 Å². The predicted octanol–water partition coefficient (Wildman–Crippen LogP) is 6.25. The summed E-state index contributed by atoms with van der Waals surface area (Å²) in [5, 5.41) is 0. The summed E-state index contributed by atoms with van der Waals surface area (Å²) in [7, 11) is 0. The van der Waals surface area contributed by atoms with Gasteiger partial charge in [0, 0.05) is 53.3 Å². The first-order valence-electron chi connectivity index (χ1n) is 10.00. The molecule has 2 nitrogen and oxygen atoms in total. The van der Waals surface area contributed by atoms with E-state index in [4.69, 9.17) is 4.74 Å². The summed E-state index contributed by atoms with van der Waals surface area (Å²) < 4.78 is 5.79. The summed E-state index contributed by atoms with van der Waals surface area (Å²) in [6, 6.07) is 8.65. The fourth-order valence-electron chi connectivity index (χ4n) is 2.46. The molecule has 0 fully saturated rings. The lowest BCUT2D eigenvalue weighted by atomic mass is 10.2. The van der Waals surface area contributed by atoms with E-state index in [0.29, 0.717) is 0 Å². The minimum Gasteiger partial charge on any atom is -0.491 e. The summed E-state index contributed by atoms with van der Waals surface area (Å²) in [5.74, 6) is 10.9. The number of anilines is 1. The van der Waals surface area contributed by atoms with E-state index in [1.807, 2.05) is 23.5 Å². The molecule has 0 saturated carbocycles. The van der Waals surface area contributed by atoms with Crippen molar-refractivity contribution in [3.8, 4) is 5.75 Å². The number of rotatable bonds is 17. The van der Waals surface area contributed by atoms with Gasteiger partial charge in [-0.05, 0) is 49.6 Å². The smallest absolute Gasteiger partial charge is 0.119 e. The van der Waals surface area contributed by atoms with Crippen LogP contribution in [-0.2, 0) is 0 Å². The van der Waals surface area contributed by atoms with Crippen molar-refractivity contribution in [2.45, 2.75) is 33.8 Å². The fraction of sp³-hybridized carbons (Fsp3) is 0.714. The Labute approximate surface area is 184 Å². The Morgan fingerprint density at radius 2 is 1.22 bits per heavy atom.